The number of hydrogen-bond acceptors (Lipinski definition) is 9. The molecule has 0 bridgehead atoms. The molecule has 1 saturated heterocycles. The number of ether oxygens (including phenoxy) is 2. The lowest BCUT2D eigenvalue weighted by molar-refractivity contribution is -0.181. The van der Waals surface area contributed by atoms with Crippen LogP contribution in [0.2, 0.25) is 0 Å². The Morgan fingerprint density at radius 3 is 2.64 bits per heavy atom. The number of fused-ring (bicyclic) bond motifs is 1. The number of rotatable bonds is 10. The summed E-state index contributed by atoms with van der Waals surface area (Å²) in [5.74, 6) is 0.410. The molecule has 0 radical (unpaired) electrons. The molecule has 0 aromatic carbocycles. The maximum Gasteiger partial charge on any atom is 0.410 e. The van der Waals surface area contributed by atoms with Crippen molar-refractivity contribution < 1.29 is 28.7 Å². The molecular formula is C27H41N5O6S. The fourth-order valence-corrected chi connectivity index (χ4v) is 5.27. The third kappa shape index (κ3) is 9.24. The molecular weight excluding hydrogens is 522 g/mol. The minimum absolute atomic E-state index is 0.117. The van der Waals surface area contributed by atoms with Crippen LogP contribution in [0, 0.1) is 5.92 Å². The molecule has 0 aliphatic carbocycles. The highest BCUT2D eigenvalue weighted by molar-refractivity contribution is 7.13. The van der Waals surface area contributed by atoms with E-state index in [9.17, 15) is 14.4 Å². The van der Waals surface area contributed by atoms with Gasteiger partial charge in [0.05, 0.1) is 23.3 Å². The van der Waals surface area contributed by atoms with E-state index in [1.54, 1.807) is 30.1 Å². The Hall–Kier alpha value is -3.12. The first-order valence-corrected chi connectivity index (χ1v) is 14.2. The van der Waals surface area contributed by atoms with E-state index in [0.717, 1.165) is 21.9 Å². The van der Waals surface area contributed by atoms with E-state index < -0.39 is 11.7 Å². The summed E-state index contributed by atoms with van der Waals surface area (Å²) in [4.78, 5) is 51.2. The van der Waals surface area contributed by atoms with Crippen LogP contribution < -0.4 is 11.1 Å². The summed E-state index contributed by atoms with van der Waals surface area (Å²) >= 11 is 1.58. The van der Waals surface area contributed by atoms with Crippen LogP contribution in [0.4, 0.5) is 15.3 Å². The average Bonchev–Trinajstić information content (AvgIpc) is 3.08. The lowest BCUT2D eigenvalue weighted by atomic mass is 9.96. The van der Waals surface area contributed by atoms with E-state index in [2.05, 4.69) is 10.3 Å². The molecule has 3 heterocycles. The van der Waals surface area contributed by atoms with E-state index in [1.807, 2.05) is 39.8 Å². The quantitative estimate of drug-likeness (QED) is 0.321. The zero-order valence-corrected chi connectivity index (χ0v) is 24.6. The number of likely N-dealkylation sites (tertiary alicyclic amines) is 1. The Labute approximate surface area is 234 Å². The SMILES string of the molecule is CCCN(OCCNC(=O)OC(C)C)C(=O)C1=Cc2sc(CC3CN(C(=O)OC(C)(C)C)C3)cc2N=C(N)C1. The minimum atomic E-state index is -0.530. The molecule has 3 rings (SSSR count). The average molecular weight is 564 g/mol. The van der Waals surface area contributed by atoms with Crippen LogP contribution in [0.5, 0.6) is 0 Å². The molecule has 1 aromatic rings. The predicted molar refractivity (Wildman–Crippen MR) is 151 cm³/mol. The molecule has 216 valence electrons. The zero-order chi connectivity index (χ0) is 28.7. The van der Waals surface area contributed by atoms with Gasteiger partial charge in [-0.2, -0.15) is 0 Å². The third-order valence-corrected chi connectivity index (χ3v) is 6.81. The Morgan fingerprint density at radius 2 is 2.00 bits per heavy atom. The number of hydrogen-bond donors (Lipinski definition) is 2. The number of aliphatic imine (C=N–C) groups is 1. The third-order valence-electron chi connectivity index (χ3n) is 5.72. The first-order chi connectivity index (χ1) is 18.3. The van der Waals surface area contributed by atoms with Gasteiger partial charge >= 0.3 is 12.2 Å². The molecule has 3 N–H and O–H groups in total. The Bertz CT molecular complexity index is 1100. The molecule has 1 aromatic heterocycles. The van der Waals surface area contributed by atoms with E-state index in [1.165, 1.54) is 5.06 Å². The summed E-state index contributed by atoms with van der Waals surface area (Å²) < 4.78 is 10.5. The van der Waals surface area contributed by atoms with Gasteiger partial charge in [0.25, 0.3) is 5.91 Å². The number of amidine groups is 1. The van der Waals surface area contributed by atoms with Gasteiger partial charge in [-0.1, -0.05) is 6.92 Å². The van der Waals surface area contributed by atoms with Gasteiger partial charge < -0.3 is 25.4 Å². The molecule has 0 unspecified atom stereocenters. The summed E-state index contributed by atoms with van der Waals surface area (Å²) in [6, 6.07) is 2.01. The zero-order valence-electron chi connectivity index (χ0n) is 23.7. The molecule has 1 fully saturated rings. The van der Waals surface area contributed by atoms with Crippen molar-refractivity contribution in [3.05, 3.63) is 21.4 Å². The van der Waals surface area contributed by atoms with E-state index in [4.69, 9.17) is 20.0 Å². The normalized spacial score (nSPS) is 15.5. The van der Waals surface area contributed by atoms with Crippen LogP contribution in [0.25, 0.3) is 6.08 Å². The van der Waals surface area contributed by atoms with Crippen LogP contribution in [0.15, 0.2) is 16.6 Å². The number of alkyl carbamates (subject to hydrolysis) is 1. The number of nitrogens with two attached hydrogens (primary N) is 1. The van der Waals surface area contributed by atoms with Crippen LogP contribution >= 0.6 is 11.3 Å². The number of hydroxylamine groups is 2. The van der Waals surface area contributed by atoms with E-state index in [0.29, 0.717) is 43.4 Å². The molecule has 39 heavy (non-hydrogen) atoms. The number of carbonyl (C=O) groups is 3. The predicted octanol–water partition coefficient (Wildman–Crippen LogP) is 4.24. The molecule has 0 spiro atoms. The summed E-state index contributed by atoms with van der Waals surface area (Å²) in [6.07, 6.45) is 2.52. The molecule has 11 nitrogen and oxygen atoms in total. The highest BCUT2D eigenvalue weighted by Gasteiger charge is 2.34. The van der Waals surface area contributed by atoms with Gasteiger partial charge in [0.15, 0.2) is 0 Å². The first kappa shape index (κ1) is 30.4. The number of thiophene rings is 1. The second-order valence-electron chi connectivity index (χ2n) is 11.0. The van der Waals surface area contributed by atoms with Crippen LogP contribution in [0.3, 0.4) is 0 Å². The second kappa shape index (κ2) is 13.3. The molecule has 2 aliphatic heterocycles. The maximum atomic E-state index is 13.4. The van der Waals surface area contributed by atoms with Crippen LogP contribution in [-0.2, 0) is 25.5 Å². The highest BCUT2D eigenvalue weighted by Crippen LogP contribution is 2.37. The molecule has 2 aliphatic rings. The summed E-state index contributed by atoms with van der Waals surface area (Å²) in [5.41, 5.74) is 6.90. The summed E-state index contributed by atoms with van der Waals surface area (Å²) in [7, 11) is 0. The van der Waals surface area contributed by atoms with Crippen molar-refractivity contribution in [2.45, 2.75) is 72.5 Å². The van der Waals surface area contributed by atoms with Crippen LogP contribution in [0.1, 0.15) is 64.1 Å². The number of nitrogens with one attached hydrogen (secondary N) is 1. The standard InChI is InChI=1S/C27H41N5O6S/c1-7-9-32(36-10-8-29-25(34)37-17(2)3)24(33)19-12-22-21(30-23(28)13-19)14-20(39-22)11-18-15-31(16-18)26(35)38-27(4,5)6/h12,14,17-18H,7-11,13,15-16H2,1-6H3,(H2,28,30)(H,29,34). The smallest absolute Gasteiger partial charge is 0.410 e. The summed E-state index contributed by atoms with van der Waals surface area (Å²) in [6.45, 7) is 13.1. The topological polar surface area (TPSA) is 136 Å². The number of amides is 3. The maximum absolute atomic E-state index is 13.4. The van der Waals surface area contributed by atoms with Gasteiger partial charge in [-0.05, 0) is 65.5 Å². The molecule has 12 heteroatoms. The van der Waals surface area contributed by atoms with Crippen molar-refractivity contribution in [3.63, 3.8) is 0 Å². The summed E-state index contributed by atoms with van der Waals surface area (Å²) in [5, 5.41) is 3.91. The lowest BCUT2D eigenvalue weighted by Gasteiger charge is -2.39. The van der Waals surface area contributed by atoms with Crippen molar-refractivity contribution in [1.29, 1.82) is 0 Å². The Balaban J connectivity index is 1.60. The van der Waals surface area contributed by atoms with Gasteiger partial charge in [-0.15, -0.1) is 11.3 Å². The van der Waals surface area contributed by atoms with Crippen molar-refractivity contribution in [1.82, 2.24) is 15.3 Å². The minimum Gasteiger partial charge on any atom is -0.447 e. The largest absolute Gasteiger partial charge is 0.447 e. The fraction of sp³-hybridized carbons (Fsp3) is 0.630. The van der Waals surface area contributed by atoms with Crippen molar-refractivity contribution >= 4 is 47.0 Å². The monoisotopic (exact) mass is 563 g/mol. The van der Waals surface area contributed by atoms with Gasteiger partial charge in [-0.25, -0.2) is 19.6 Å². The van der Waals surface area contributed by atoms with Gasteiger partial charge in [0, 0.05) is 43.1 Å². The van der Waals surface area contributed by atoms with Gasteiger partial charge in [0.2, 0.25) is 0 Å². The number of carbonyl (C=O) groups excluding carboxylic acids is 3. The van der Waals surface area contributed by atoms with Crippen molar-refractivity contribution in [3.8, 4) is 0 Å². The first-order valence-electron chi connectivity index (χ1n) is 13.4. The van der Waals surface area contributed by atoms with Crippen molar-refractivity contribution in [2.24, 2.45) is 16.6 Å². The molecule has 0 atom stereocenters. The fourth-order valence-electron chi connectivity index (χ4n) is 4.09. The Kier molecular flexibility index (Phi) is 10.4. The number of nitrogens with zero attached hydrogens (tertiary/aromatic N) is 3. The second-order valence-corrected chi connectivity index (χ2v) is 12.2. The highest BCUT2D eigenvalue weighted by atomic mass is 32.1. The van der Waals surface area contributed by atoms with Crippen LogP contribution in [-0.4, -0.2) is 78.4 Å². The van der Waals surface area contributed by atoms with Crippen molar-refractivity contribution in [2.75, 3.05) is 32.8 Å². The molecule has 0 saturated carbocycles. The van der Waals surface area contributed by atoms with E-state index in [-0.39, 0.29) is 37.7 Å². The lowest BCUT2D eigenvalue weighted by Crippen LogP contribution is -2.52. The van der Waals surface area contributed by atoms with E-state index >= 15 is 0 Å². The Morgan fingerprint density at radius 1 is 1.28 bits per heavy atom. The van der Waals surface area contributed by atoms with Gasteiger partial charge in [-0.3, -0.25) is 9.63 Å². The van der Waals surface area contributed by atoms with Gasteiger partial charge in [0.1, 0.15) is 11.4 Å². The molecule has 3 amide bonds.